The minimum atomic E-state index is -1.16. The molecule has 2 amide bonds. The third-order valence-electron chi connectivity index (χ3n) is 8.41. The first-order valence-corrected chi connectivity index (χ1v) is 15.3. The lowest BCUT2D eigenvalue weighted by Gasteiger charge is -2.27. The molecule has 252 valence electrons. The molecule has 0 saturated carbocycles. The highest BCUT2D eigenvalue weighted by Gasteiger charge is 2.45. The Morgan fingerprint density at radius 2 is 1.64 bits per heavy atom. The fraction of sp³-hybridized carbons (Fsp3) is 0.371. The summed E-state index contributed by atoms with van der Waals surface area (Å²) in [6, 6.07) is 18.7. The molecule has 0 N–H and O–H groups in total. The number of anilines is 2. The first kappa shape index (κ1) is 37.3. The third kappa shape index (κ3) is 7.89. The number of fused-ring (bicyclic) bond motifs is 2. The minimum absolute atomic E-state index is 0. The number of carbonyl (C=O) groups is 2. The van der Waals surface area contributed by atoms with Crippen molar-refractivity contribution < 1.29 is 19.1 Å². The Morgan fingerprint density at radius 1 is 0.894 bits per heavy atom. The Bertz CT molecular complexity index is 1750. The number of ether oxygens (including phenoxy) is 2. The van der Waals surface area contributed by atoms with E-state index in [1.807, 2.05) is 61.5 Å². The number of halogens is 2. The molecule has 1 aliphatic rings. The number of carbonyl (C=O) groups excluding carboxylic acids is 2. The van der Waals surface area contributed by atoms with Crippen molar-refractivity contribution in [3.8, 4) is 11.5 Å². The summed E-state index contributed by atoms with van der Waals surface area (Å²) in [5, 5.41) is 0.950. The first-order chi connectivity index (χ1) is 21.6. The van der Waals surface area contributed by atoms with Gasteiger partial charge in [-0.15, -0.1) is 24.8 Å². The number of hydrogen-bond acceptors (Lipinski definition) is 7. The monoisotopic (exact) mass is 683 g/mol. The van der Waals surface area contributed by atoms with Crippen LogP contribution < -0.4 is 24.8 Å². The van der Waals surface area contributed by atoms with E-state index in [1.54, 1.807) is 60.8 Å². The van der Waals surface area contributed by atoms with E-state index in [0.717, 1.165) is 29.4 Å². The predicted octanol–water partition coefficient (Wildman–Crippen LogP) is 5.58. The Kier molecular flexibility index (Phi) is 12.8. The van der Waals surface area contributed by atoms with Gasteiger partial charge in [0.1, 0.15) is 16.9 Å². The quantitative estimate of drug-likeness (QED) is 0.142. The van der Waals surface area contributed by atoms with Gasteiger partial charge in [-0.3, -0.25) is 24.3 Å². The average Bonchev–Trinajstić information content (AvgIpc) is 3.10. The SMILES string of the molecule is CCN1C(=O)C(C)(C)C(=O)N(C)c2cc(OCCCN(CCn3c(=O)ccc4cccc(OC)c43)Cc3ccncc3)ccc21.Cl.Cl. The van der Waals surface area contributed by atoms with Crippen molar-refractivity contribution in [1.29, 1.82) is 0 Å². The number of benzene rings is 2. The maximum atomic E-state index is 13.2. The van der Waals surface area contributed by atoms with E-state index >= 15 is 0 Å². The summed E-state index contributed by atoms with van der Waals surface area (Å²) in [6.45, 7) is 8.72. The summed E-state index contributed by atoms with van der Waals surface area (Å²) in [5.41, 5.74) is 2.03. The molecule has 5 rings (SSSR count). The number of hydrogen-bond donors (Lipinski definition) is 0. The molecule has 12 heteroatoms. The van der Waals surface area contributed by atoms with Gasteiger partial charge in [0.15, 0.2) is 0 Å². The molecule has 0 fully saturated rings. The van der Waals surface area contributed by atoms with Crippen LogP contribution >= 0.6 is 24.8 Å². The number of pyridine rings is 2. The fourth-order valence-electron chi connectivity index (χ4n) is 5.92. The molecular weight excluding hydrogens is 641 g/mol. The third-order valence-corrected chi connectivity index (χ3v) is 8.41. The first-order valence-electron chi connectivity index (χ1n) is 15.3. The second kappa shape index (κ2) is 16.1. The number of rotatable bonds is 12. The van der Waals surface area contributed by atoms with Crippen LogP contribution in [0.15, 0.2) is 77.9 Å². The van der Waals surface area contributed by atoms with Gasteiger partial charge in [-0.05, 0) is 69.2 Å². The van der Waals surface area contributed by atoms with Gasteiger partial charge >= 0.3 is 0 Å². The van der Waals surface area contributed by atoms with Gasteiger partial charge in [-0.25, -0.2) is 0 Å². The molecule has 4 aromatic rings. The van der Waals surface area contributed by atoms with Crippen molar-refractivity contribution in [2.75, 3.05) is 50.2 Å². The Morgan fingerprint density at radius 3 is 2.34 bits per heavy atom. The van der Waals surface area contributed by atoms with Crippen molar-refractivity contribution >= 4 is 58.9 Å². The van der Waals surface area contributed by atoms with Crippen molar-refractivity contribution in [3.05, 3.63) is 89.0 Å². The van der Waals surface area contributed by atoms with Crippen LogP contribution in [0, 0.1) is 5.41 Å². The molecule has 47 heavy (non-hydrogen) atoms. The zero-order valence-electron chi connectivity index (χ0n) is 27.5. The summed E-state index contributed by atoms with van der Waals surface area (Å²) in [7, 11) is 3.32. The molecule has 0 bridgehead atoms. The van der Waals surface area contributed by atoms with Crippen LogP contribution in [0.4, 0.5) is 11.4 Å². The van der Waals surface area contributed by atoms with Gasteiger partial charge in [-0.1, -0.05) is 12.1 Å². The maximum absolute atomic E-state index is 13.2. The van der Waals surface area contributed by atoms with E-state index in [2.05, 4.69) is 9.88 Å². The van der Waals surface area contributed by atoms with Gasteiger partial charge in [0.05, 0.1) is 30.6 Å². The summed E-state index contributed by atoms with van der Waals surface area (Å²) >= 11 is 0. The van der Waals surface area contributed by atoms with E-state index in [4.69, 9.17) is 9.47 Å². The average molecular weight is 685 g/mol. The lowest BCUT2D eigenvalue weighted by molar-refractivity contribution is -0.137. The van der Waals surface area contributed by atoms with E-state index < -0.39 is 5.41 Å². The van der Waals surface area contributed by atoms with Crippen molar-refractivity contribution in [2.24, 2.45) is 5.41 Å². The number of methoxy groups -OCH3 is 1. The Balaban J connectivity index is 0.00000300. The van der Waals surface area contributed by atoms with Gasteiger partial charge in [0, 0.05) is 69.7 Å². The van der Waals surface area contributed by atoms with E-state index in [-0.39, 0.29) is 42.2 Å². The van der Waals surface area contributed by atoms with E-state index in [1.165, 1.54) is 0 Å². The number of amides is 2. The van der Waals surface area contributed by atoms with Crippen LogP contribution in [0.25, 0.3) is 10.9 Å². The zero-order chi connectivity index (χ0) is 32.1. The number of nitrogens with zero attached hydrogens (tertiary/aromatic N) is 5. The molecule has 2 aromatic heterocycles. The van der Waals surface area contributed by atoms with Crippen molar-refractivity contribution in [1.82, 2.24) is 14.5 Å². The molecule has 0 spiro atoms. The second-order valence-electron chi connectivity index (χ2n) is 11.7. The van der Waals surface area contributed by atoms with Crippen molar-refractivity contribution in [3.63, 3.8) is 0 Å². The standard InChI is InChI=1S/C35H41N5O5.2ClH/c1-6-39-28-13-12-27(23-29(28)37(4)33(42)35(2,3)34(39)43)45-22-8-19-38(24-25-15-17-36-18-16-25)20-21-40-31(41)14-11-26-9-7-10-30(44-5)32(26)40;;/h7,9-18,23H,6,8,19-22,24H2,1-5H3;2*1H. The van der Waals surface area contributed by atoms with Gasteiger partial charge in [0.25, 0.3) is 5.56 Å². The molecule has 3 heterocycles. The molecule has 1 aliphatic heterocycles. The molecule has 10 nitrogen and oxygen atoms in total. The highest BCUT2D eigenvalue weighted by molar-refractivity contribution is 6.20. The summed E-state index contributed by atoms with van der Waals surface area (Å²) in [4.78, 5) is 49.0. The maximum Gasteiger partial charge on any atom is 0.251 e. The van der Waals surface area contributed by atoms with Crippen LogP contribution in [-0.2, 0) is 22.7 Å². The van der Waals surface area contributed by atoms with E-state index in [9.17, 15) is 14.4 Å². The molecular formula is C35H43Cl2N5O5. The van der Waals surface area contributed by atoms with Crippen molar-refractivity contribution in [2.45, 2.75) is 40.3 Å². The number of aromatic nitrogens is 2. The molecule has 0 unspecified atom stereocenters. The van der Waals surface area contributed by atoms with Gasteiger partial charge in [-0.2, -0.15) is 0 Å². The van der Waals surface area contributed by atoms with Crippen LogP contribution in [0.2, 0.25) is 0 Å². The second-order valence-corrected chi connectivity index (χ2v) is 11.7. The Hall–Kier alpha value is -4.12. The van der Waals surface area contributed by atoms with Crippen LogP contribution in [-0.4, -0.2) is 66.7 Å². The highest BCUT2D eigenvalue weighted by atomic mass is 35.5. The number of para-hydroxylation sites is 1. The molecule has 0 saturated heterocycles. The molecule has 2 aromatic carbocycles. The fourth-order valence-corrected chi connectivity index (χ4v) is 5.92. The summed E-state index contributed by atoms with van der Waals surface area (Å²) in [6.07, 6.45) is 4.30. The summed E-state index contributed by atoms with van der Waals surface area (Å²) in [5.74, 6) is 0.832. The normalized spacial score (nSPS) is 13.9. The molecule has 0 atom stereocenters. The lowest BCUT2D eigenvalue weighted by atomic mass is 9.90. The smallest absolute Gasteiger partial charge is 0.251 e. The minimum Gasteiger partial charge on any atom is -0.495 e. The van der Waals surface area contributed by atoms with Crippen LogP contribution in [0.1, 0.15) is 32.8 Å². The molecule has 0 aliphatic carbocycles. The Labute approximate surface area is 288 Å². The molecule has 0 radical (unpaired) electrons. The van der Waals surface area contributed by atoms with E-state index in [0.29, 0.717) is 55.7 Å². The van der Waals surface area contributed by atoms with Gasteiger partial charge < -0.3 is 23.8 Å². The zero-order valence-corrected chi connectivity index (χ0v) is 29.1. The largest absolute Gasteiger partial charge is 0.495 e. The topological polar surface area (TPSA) is 97.2 Å². The summed E-state index contributed by atoms with van der Waals surface area (Å²) < 4.78 is 13.5. The van der Waals surface area contributed by atoms with Gasteiger partial charge in [0.2, 0.25) is 11.8 Å². The van der Waals surface area contributed by atoms with Crippen LogP contribution in [0.3, 0.4) is 0 Å². The van der Waals surface area contributed by atoms with Crippen LogP contribution in [0.5, 0.6) is 11.5 Å². The lowest BCUT2D eigenvalue weighted by Crippen LogP contribution is -2.47. The predicted molar refractivity (Wildman–Crippen MR) is 191 cm³/mol. The highest BCUT2D eigenvalue weighted by Crippen LogP contribution is 2.40.